The van der Waals surface area contributed by atoms with Crippen LogP contribution in [0, 0.1) is 11.3 Å². The molecule has 0 aliphatic heterocycles. The zero-order chi connectivity index (χ0) is 17.5. The summed E-state index contributed by atoms with van der Waals surface area (Å²) in [6.07, 6.45) is 0. The van der Waals surface area contributed by atoms with Gasteiger partial charge in [0.1, 0.15) is 11.8 Å². The Morgan fingerprint density at radius 2 is 2.00 bits per heavy atom. The Balaban J connectivity index is 2.48. The molecule has 1 aromatic heterocycles. The summed E-state index contributed by atoms with van der Waals surface area (Å²) in [4.78, 5) is 12.0. The Hall–Kier alpha value is -2.60. The molecule has 0 radical (unpaired) electrons. The SMILES string of the molecule is CCOC(=O)c1n[nH]nc1-c1cc(OCC)c(OCC#N)cc1Br. The van der Waals surface area contributed by atoms with Gasteiger partial charge < -0.3 is 14.2 Å². The van der Waals surface area contributed by atoms with Crippen molar-refractivity contribution in [3.8, 4) is 28.8 Å². The van der Waals surface area contributed by atoms with Gasteiger partial charge in [-0.05, 0) is 41.9 Å². The van der Waals surface area contributed by atoms with Gasteiger partial charge in [-0.3, -0.25) is 0 Å². The van der Waals surface area contributed by atoms with E-state index in [0.717, 1.165) is 0 Å². The summed E-state index contributed by atoms with van der Waals surface area (Å²) in [7, 11) is 0. The van der Waals surface area contributed by atoms with Crippen LogP contribution < -0.4 is 9.47 Å². The fourth-order valence-corrected chi connectivity index (χ4v) is 2.48. The minimum absolute atomic E-state index is 0.0747. The van der Waals surface area contributed by atoms with Gasteiger partial charge in [0.05, 0.1) is 13.2 Å². The smallest absolute Gasteiger partial charge is 0.361 e. The number of halogens is 1. The zero-order valence-electron chi connectivity index (χ0n) is 13.1. The second kappa shape index (κ2) is 8.31. The van der Waals surface area contributed by atoms with Crippen LogP contribution in [0.3, 0.4) is 0 Å². The van der Waals surface area contributed by atoms with Gasteiger partial charge in [0.15, 0.2) is 23.8 Å². The highest BCUT2D eigenvalue weighted by Crippen LogP contribution is 2.39. The standard InChI is InChI=1S/C15H15BrN4O4/c1-3-22-11-7-9(10(16)8-12(11)24-6-5-17)13-14(19-20-18-13)15(21)23-4-2/h7-8H,3-4,6H2,1-2H3,(H,18,19,20). The van der Waals surface area contributed by atoms with Crippen molar-refractivity contribution in [1.82, 2.24) is 15.4 Å². The lowest BCUT2D eigenvalue weighted by Crippen LogP contribution is -2.07. The maximum absolute atomic E-state index is 12.0. The maximum Gasteiger partial charge on any atom is 0.361 e. The molecule has 0 saturated carbocycles. The average molecular weight is 395 g/mol. The Kier molecular flexibility index (Phi) is 6.14. The fourth-order valence-electron chi connectivity index (χ4n) is 1.97. The van der Waals surface area contributed by atoms with E-state index < -0.39 is 5.97 Å². The second-order valence-electron chi connectivity index (χ2n) is 4.40. The number of benzene rings is 1. The number of esters is 1. The highest BCUT2D eigenvalue weighted by atomic mass is 79.9. The molecule has 24 heavy (non-hydrogen) atoms. The van der Waals surface area contributed by atoms with Gasteiger partial charge in [0, 0.05) is 10.0 Å². The molecule has 0 amide bonds. The normalized spacial score (nSPS) is 10.1. The number of hydrogen-bond acceptors (Lipinski definition) is 7. The summed E-state index contributed by atoms with van der Waals surface area (Å²) in [5.74, 6) is 0.273. The van der Waals surface area contributed by atoms with Crippen molar-refractivity contribution in [3.05, 3.63) is 22.3 Å². The number of nitrogens with zero attached hydrogens (tertiary/aromatic N) is 3. The van der Waals surface area contributed by atoms with Crippen molar-refractivity contribution in [2.75, 3.05) is 19.8 Å². The number of aromatic amines is 1. The third-order valence-corrected chi connectivity index (χ3v) is 3.55. The van der Waals surface area contributed by atoms with Gasteiger partial charge in [-0.15, -0.1) is 5.10 Å². The first-order valence-corrected chi connectivity index (χ1v) is 7.96. The summed E-state index contributed by atoms with van der Waals surface area (Å²) in [6, 6.07) is 5.23. The van der Waals surface area contributed by atoms with E-state index in [9.17, 15) is 4.79 Å². The fraction of sp³-hybridized carbons (Fsp3) is 0.333. The molecule has 2 aromatic rings. The van der Waals surface area contributed by atoms with E-state index in [1.807, 2.05) is 13.0 Å². The number of carbonyl (C=O) groups is 1. The van der Waals surface area contributed by atoms with Crippen LogP contribution in [0.1, 0.15) is 24.3 Å². The van der Waals surface area contributed by atoms with E-state index in [-0.39, 0.29) is 18.9 Å². The molecule has 1 aromatic carbocycles. The number of hydrogen-bond donors (Lipinski definition) is 1. The van der Waals surface area contributed by atoms with Crippen LogP contribution in [0.5, 0.6) is 11.5 Å². The van der Waals surface area contributed by atoms with Crippen molar-refractivity contribution in [2.45, 2.75) is 13.8 Å². The number of ether oxygens (including phenoxy) is 3. The van der Waals surface area contributed by atoms with Gasteiger partial charge in [-0.25, -0.2) is 4.79 Å². The van der Waals surface area contributed by atoms with E-state index in [1.54, 1.807) is 19.1 Å². The predicted octanol–water partition coefficient (Wildman–Crippen LogP) is 2.71. The first-order chi connectivity index (χ1) is 11.6. The van der Waals surface area contributed by atoms with Crippen LogP contribution in [-0.4, -0.2) is 41.2 Å². The van der Waals surface area contributed by atoms with Gasteiger partial charge in [0.25, 0.3) is 0 Å². The number of carbonyl (C=O) groups excluding carboxylic acids is 1. The number of rotatable bonds is 7. The molecule has 1 heterocycles. The molecular weight excluding hydrogens is 380 g/mol. The summed E-state index contributed by atoms with van der Waals surface area (Å²) in [5.41, 5.74) is 0.985. The summed E-state index contributed by atoms with van der Waals surface area (Å²) in [5, 5.41) is 19.0. The lowest BCUT2D eigenvalue weighted by molar-refractivity contribution is 0.0520. The predicted molar refractivity (Wildman–Crippen MR) is 87.8 cm³/mol. The molecule has 1 N–H and O–H groups in total. The van der Waals surface area contributed by atoms with E-state index >= 15 is 0 Å². The first-order valence-electron chi connectivity index (χ1n) is 7.16. The molecule has 0 spiro atoms. The lowest BCUT2D eigenvalue weighted by Gasteiger charge is -2.13. The van der Waals surface area contributed by atoms with Crippen molar-refractivity contribution < 1.29 is 19.0 Å². The molecule has 126 valence electrons. The Bertz CT molecular complexity index is 769. The number of nitriles is 1. The van der Waals surface area contributed by atoms with Gasteiger partial charge in [0.2, 0.25) is 0 Å². The third-order valence-electron chi connectivity index (χ3n) is 2.90. The molecule has 2 rings (SSSR count). The molecule has 0 fully saturated rings. The van der Waals surface area contributed by atoms with Crippen LogP contribution in [0.4, 0.5) is 0 Å². The lowest BCUT2D eigenvalue weighted by atomic mass is 10.1. The van der Waals surface area contributed by atoms with Gasteiger partial charge in [-0.1, -0.05) is 0 Å². The molecule has 0 bridgehead atoms. The molecule has 0 aliphatic rings. The minimum Gasteiger partial charge on any atom is -0.490 e. The highest BCUT2D eigenvalue weighted by molar-refractivity contribution is 9.10. The average Bonchev–Trinajstić information content (AvgIpc) is 3.04. The Morgan fingerprint density at radius 3 is 2.67 bits per heavy atom. The third kappa shape index (κ3) is 3.83. The first kappa shape index (κ1) is 17.7. The van der Waals surface area contributed by atoms with E-state index in [1.165, 1.54) is 0 Å². The summed E-state index contributed by atoms with van der Waals surface area (Å²) < 4.78 is 16.5. The van der Waals surface area contributed by atoms with Crippen LogP contribution in [0.15, 0.2) is 16.6 Å². The molecule has 0 atom stereocenters. The summed E-state index contributed by atoms with van der Waals surface area (Å²) in [6.45, 7) is 4.08. The molecule has 9 heteroatoms. The molecule has 0 unspecified atom stereocenters. The quantitative estimate of drug-likeness (QED) is 0.718. The van der Waals surface area contributed by atoms with Crippen molar-refractivity contribution >= 4 is 21.9 Å². The zero-order valence-corrected chi connectivity index (χ0v) is 14.7. The van der Waals surface area contributed by atoms with E-state index in [2.05, 4.69) is 31.3 Å². The largest absolute Gasteiger partial charge is 0.490 e. The number of H-pyrrole nitrogens is 1. The van der Waals surface area contributed by atoms with Crippen molar-refractivity contribution in [3.63, 3.8) is 0 Å². The van der Waals surface area contributed by atoms with Crippen LogP contribution in [-0.2, 0) is 4.74 Å². The van der Waals surface area contributed by atoms with Crippen LogP contribution in [0.25, 0.3) is 11.3 Å². The van der Waals surface area contributed by atoms with Crippen molar-refractivity contribution in [2.24, 2.45) is 0 Å². The minimum atomic E-state index is -0.573. The topological polar surface area (TPSA) is 110 Å². The molecule has 0 aliphatic carbocycles. The van der Waals surface area contributed by atoms with Crippen LogP contribution in [0.2, 0.25) is 0 Å². The summed E-state index contributed by atoms with van der Waals surface area (Å²) >= 11 is 3.42. The number of aromatic nitrogens is 3. The Morgan fingerprint density at radius 1 is 1.25 bits per heavy atom. The molecular formula is C15H15BrN4O4. The van der Waals surface area contributed by atoms with Crippen molar-refractivity contribution in [1.29, 1.82) is 5.26 Å². The second-order valence-corrected chi connectivity index (χ2v) is 5.25. The highest BCUT2D eigenvalue weighted by Gasteiger charge is 2.22. The molecule has 0 saturated heterocycles. The van der Waals surface area contributed by atoms with E-state index in [4.69, 9.17) is 19.5 Å². The van der Waals surface area contributed by atoms with Gasteiger partial charge in [-0.2, -0.15) is 15.6 Å². The maximum atomic E-state index is 12.0. The monoisotopic (exact) mass is 394 g/mol. The Labute approximate surface area is 146 Å². The van der Waals surface area contributed by atoms with Crippen LogP contribution >= 0.6 is 15.9 Å². The molecule has 8 nitrogen and oxygen atoms in total. The number of nitrogens with one attached hydrogen (secondary N) is 1. The van der Waals surface area contributed by atoms with E-state index in [0.29, 0.717) is 33.8 Å². The van der Waals surface area contributed by atoms with Gasteiger partial charge >= 0.3 is 5.97 Å².